The van der Waals surface area contributed by atoms with Crippen molar-refractivity contribution < 1.29 is 9.84 Å². The SMILES string of the molecule is OCc1c[nH]c(-c2cccc(Oc3cccc4c3C=CNC4)c2)n1. The second-order valence-corrected chi connectivity index (χ2v) is 5.57. The largest absolute Gasteiger partial charge is 0.457 e. The molecule has 0 radical (unpaired) electrons. The van der Waals surface area contributed by atoms with Crippen LogP contribution in [-0.2, 0) is 13.2 Å². The number of benzene rings is 2. The van der Waals surface area contributed by atoms with E-state index in [0.717, 1.165) is 29.2 Å². The molecule has 3 N–H and O–H groups in total. The lowest BCUT2D eigenvalue weighted by Gasteiger charge is -2.16. The highest BCUT2D eigenvalue weighted by atomic mass is 16.5. The number of imidazole rings is 1. The molecule has 0 saturated heterocycles. The maximum atomic E-state index is 9.14. The third-order valence-electron chi connectivity index (χ3n) is 3.94. The smallest absolute Gasteiger partial charge is 0.137 e. The van der Waals surface area contributed by atoms with Gasteiger partial charge in [0.25, 0.3) is 0 Å². The highest BCUT2D eigenvalue weighted by Gasteiger charge is 2.11. The fourth-order valence-electron chi connectivity index (χ4n) is 2.76. The lowest BCUT2D eigenvalue weighted by atomic mass is 10.0. The second kappa shape index (κ2) is 6.22. The van der Waals surface area contributed by atoms with Crippen LogP contribution < -0.4 is 10.1 Å². The summed E-state index contributed by atoms with van der Waals surface area (Å²) in [6.07, 6.45) is 5.66. The maximum Gasteiger partial charge on any atom is 0.137 e. The molecule has 5 nitrogen and oxygen atoms in total. The minimum absolute atomic E-state index is 0.0801. The molecule has 0 spiro atoms. The number of hydrogen-bond donors (Lipinski definition) is 3. The van der Waals surface area contributed by atoms with E-state index in [0.29, 0.717) is 11.5 Å². The van der Waals surface area contributed by atoms with Gasteiger partial charge in [0, 0.05) is 23.9 Å². The number of aromatic nitrogens is 2. The molecule has 4 rings (SSSR count). The number of aliphatic hydroxyl groups excluding tert-OH is 1. The summed E-state index contributed by atoms with van der Waals surface area (Å²) in [5, 5.41) is 12.3. The van der Waals surface area contributed by atoms with Crippen LogP contribution in [-0.4, -0.2) is 15.1 Å². The van der Waals surface area contributed by atoms with Crippen LogP contribution >= 0.6 is 0 Å². The van der Waals surface area contributed by atoms with Crippen LogP contribution in [0.5, 0.6) is 11.5 Å². The Morgan fingerprint density at radius 1 is 1.17 bits per heavy atom. The molecule has 0 bridgehead atoms. The Morgan fingerprint density at radius 2 is 2.08 bits per heavy atom. The Kier molecular flexibility index (Phi) is 3.76. The third-order valence-corrected chi connectivity index (χ3v) is 3.94. The summed E-state index contributed by atoms with van der Waals surface area (Å²) in [7, 11) is 0. The van der Waals surface area contributed by atoms with E-state index < -0.39 is 0 Å². The fraction of sp³-hybridized carbons (Fsp3) is 0.105. The quantitative estimate of drug-likeness (QED) is 0.689. The number of hydrogen-bond acceptors (Lipinski definition) is 4. The van der Waals surface area contributed by atoms with Gasteiger partial charge in [0.2, 0.25) is 0 Å². The second-order valence-electron chi connectivity index (χ2n) is 5.57. The number of aliphatic hydroxyl groups is 1. The molecule has 0 atom stereocenters. The van der Waals surface area contributed by atoms with Gasteiger partial charge in [-0.05, 0) is 36.0 Å². The van der Waals surface area contributed by atoms with E-state index in [2.05, 4.69) is 21.4 Å². The molecule has 2 heterocycles. The van der Waals surface area contributed by atoms with E-state index >= 15 is 0 Å². The predicted molar refractivity (Wildman–Crippen MR) is 92.3 cm³/mol. The van der Waals surface area contributed by atoms with Crippen LogP contribution in [0.15, 0.2) is 54.9 Å². The zero-order chi connectivity index (χ0) is 16.4. The molecule has 1 aromatic heterocycles. The van der Waals surface area contributed by atoms with E-state index in [-0.39, 0.29) is 6.61 Å². The summed E-state index contributed by atoms with van der Waals surface area (Å²) in [6, 6.07) is 13.8. The fourth-order valence-corrected chi connectivity index (χ4v) is 2.76. The normalized spacial score (nSPS) is 12.5. The minimum atomic E-state index is -0.0801. The number of H-pyrrole nitrogens is 1. The Labute approximate surface area is 139 Å². The molecule has 0 saturated carbocycles. The predicted octanol–water partition coefficient (Wildman–Crippen LogP) is 3.44. The highest BCUT2D eigenvalue weighted by Crippen LogP contribution is 2.31. The first-order valence-electron chi connectivity index (χ1n) is 7.79. The Morgan fingerprint density at radius 3 is 2.96 bits per heavy atom. The summed E-state index contributed by atoms with van der Waals surface area (Å²) in [5.74, 6) is 2.29. The maximum absolute atomic E-state index is 9.14. The van der Waals surface area contributed by atoms with Crippen LogP contribution in [0.25, 0.3) is 17.5 Å². The topological polar surface area (TPSA) is 70.2 Å². The molecule has 5 heteroatoms. The Bertz CT molecular complexity index is 899. The van der Waals surface area contributed by atoms with Gasteiger partial charge in [-0.15, -0.1) is 0 Å². The monoisotopic (exact) mass is 319 g/mol. The van der Waals surface area contributed by atoms with Crippen molar-refractivity contribution in [2.75, 3.05) is 0 Å². The number of nitrogens with one attached hydrogen (secondary N) is 2. The first kappa shape index (κ1) is 14.5. The lowest BCUT2D eigenvalue weighted by Crippen LogP contribution is -2.10. The summed E-state index contributed by atoms with van der Waals surface area (Å²) in [6.45, 7) is 0.725. The molecule has 0 fully saturated rings. The molecule has 120 valence electrons. The van der Waals surface area contributed by atoms with Gasteiger partial charge < -0.3 is 20.1 Å². The van der Waals surface area contributed by atoms with Crippen molar-refractivity contribution in [1.82, 2.24) is 15.3 Å². The number of aromatic amines is 1. The molecule has 0 aliphatic carbocycles. The first-order chi connectivity index (χ1) is 11.8. The van der Waals surface area contributed by atoms with Gasteiger partial charge in [-0.2, -0.15) is 0 Å². The average molecular weight is 319 g/mol. The molecule has 1 aliphatic rings. The summed E-state index contributed by atoms with van der Waals surface area (Å²) >= 11 is 0. The summed E-state index contributed by atoms with van der Waals surface area (Å²) < 4.78 is 6.10. The zero-order valence-electron chi connectivity index (χ0n) is 13.0. The van der Waals surface area contributed by atoms with Gasteiger partial charge in [-0.25, -0.2) is 4.98 Å². The lowest BCUT2D eigenvalue weighted by molar-refractivity contribution is 0.277. The number of nitrogens with zero attached hydrogens (tertiary/aromatic N) is 1. The standard InChI is InChI=1S/C19H17N3O2/c23-12-15-11-21-19(22-15)13-3-1-5-16(9-13)24-18-6-2-4-14-10-20-8-7-17(14)18/h1-9,11,20,23H,10,12H2,(H,21,22). The van der Waals surface area contributed by atoms with Gasteiger partial charge >= 0.3 is 0 Å². The van der Waals surface area contributed by atoms with Crippen LogP contribution in [0.3, 0.4) is 0 Å². The molecular weight excluding hydrogens is 302 g/mol. The van der Waals surface area contributed by atoms with E-state index in [1.807, 2.05) is 48.7 Å². The van der Waals surface area contributed by atoms with Crippen molar-refractivity contribution in [1.29, 1.82) is 0 Å². The van der Waals surface area contributed by atoms with Crippen LogP contribution in [0.1, 0.15) is 16.8 Å². The number of fused-ring (bicyclic) bond motifs is 1. The van der Waals surface area contributed by atoms with Crippen molar-refractivity contribution in [3.05, 3.63) is 71.7 Å². The molecule has 3 aromatic rings. The summed E-state index contributed by atoms with van der Waals surface area (Å²) in [5.41, 5.74) is 3.84. The zero-order valence-corrected chi connectivity index (χ0v) is 13.0. The van der Waals surface area contributed by atoms with Gasteiger partial charge in [0.05, 0.1) is 12.3 Å². The first-order valence-corrected chi connectivity index (χ1v) is 7.79. The van der Waals surface area contributed by atoms with E-state index in [9.17, 15) is 0 Å². The van der Waals surface area contributed by atoms with Crippen LogP contribution in [0.2, 0.25) is 0 Å². The summed E-state index contributed by atoms with van der Waals surface area (Å²) in [4.78, 5) is 7.40. The Balaban J connectivity index is 1.64. The molecular formula is C19H17N3O2. The minimum Gasteiger partial charge on any atom is -0.457 e. The molecule has 0 amide bonds. The highest BCUT2D eigenvalue weighted by molar-refractivity contribution is 5.64. The molecule has 2 aromatic carbocycles. The van der Waals surface area contributed by atoms with Crippen LogP contribution in [0.4, 0.5) is 0 Å². The van der Waals surface area contributed by atoms with Gasteiger partial charge in [-0.3, -0.25) is 0 Å². The molecule has 0 unspecified atom stereocenters. The Hall–Kier alpha value is -3.05. The van der Waals surface area contributed by atoms with Gasteiger partial charge in [0.1, 0.15) is 17.3 Å². The van der Waals surface area contributed by atoms with Crippen molar-refractivity contribution in [3.63, 3.8) is 0 Å². The third kappa shape index (κ3) is 2.77. The van der Waals surface area contributed by atoms with Crippen molar-refractivity contribution in [3.8, 4) is 22.9 Å². The van der Waals surface area contributed by atoms with Crippen LogP contribution in [0, 0.1) is 0 Å². The van der Waals surface area contributed by atoms with E-state index in [1.54, 1.807) is 6.20 Å². The number of rotatable bonds is 4. The molecule has 24 heavy (non-hydrogen) atoms. The van der Waals surface area contributed by atoms with Gasteiger partial charge in [0.15, 0.2) is 0 Å². The molecule has 1 aliphatic heterocycles. The number of ether oxygens (including phenoxy) is 1. The van der Waals surface area contributed by atoms with Crippen molar-refractivity contribution in [2.45, 2.75) is 13.2 Å². The van der Waals surface area contributed by atoms with Crippen molar-refractivity contribution >= 4 is 6.08 Å². The van der Waals surface area contributed by atoms with Gasteiger partial charge in [-0.1, -0.05) is 24.3 Å². The van der Waals surface area contributed by atoms with E-state index in [4.69, 9.17) is 9.84 Å². The average Bonchev–Trinajstić information content (AvgIpc) is 3.12. The van der Waals surface area contributed by atoms with Crippen molar-refractivity contribution in [2.24, 2.45) is 0 Å². The van der Waals surface area contributed by atoms with E-state index in [1.165, 1.54) is 5.56 Å².